The number of carbonyl (C=O) groups excluding carboxylic acids is 2. The van der Waals surface area contributed by atoms with Crippen LogP contribution in [-0.2, 0) is 9.53 Å². The van der Waals surface area contributed by atoms with E-state index in [0.717, 1.165) is 62.9 Å². The Labute approximate surface area is 182 Å². The van der Waals surface area contributed by atoms with Crippen molar-refractivity contribution in [3.05, 3.63) is 0 Å². The summed E-state index contributed by atoms with van der Waals surface area (Å²) in [5, 5.41) is 0. The van der Waals surface area contributed by atoms with E-state index in [4.69, 9.17) is 4.74 Å². The minimum Gasteiger partial charge on any atom is -0.444 e. The van der Waals surface area contributed by atoms with Crippen molar-refractivity contribution in [1.29, 1.82) is 0 Å². The minimum absolute atomic E-state index is 0.0560. The first-order valence-electron chi connectivity index (χ1n) is 12.3. The molecule has 0 spiro atoms. The molecule has 5 nitrogen and oxygen atoms in total. The molecule has 0 radical (unpaired) electrons. The molecule has 1 saturated heterocycles. The highest BCUT2D eigenvalue weighted by atomic mass is 16.6. The van der Waals surface area contributed by atoms with Gasteiger partial charge in [-0.25, -0.2) is 4.79 Å². The Kier molecular flexibility index (Phi) is 5.87. The Hall–Kier alpha value is -1.26. The van der Waals surface area contributed by atoms with E-state index in [0.29, 0.717) is 18.4 Å². The Balaban J connectivity index is 1.40. The topological polar surface area (TPSA) is 49.9 Å². The zero-order valence-electron chi connectivity index (χ0n) is 19.8. The van der Waals surface area contributed by atoms with Crippen molar-refractivity contribution in [2.24, 2.45) is 29.1 Å². The number of nitrogens with zero attached hydrogens (tertiary/aromatic N) is 2. The Bertz CT molecular complexity index is 631. The summed E-state index contributed by atoms with van der Waals surface area (Å²) < 4.78 is 5.65. The van der Waals surface area contributed by atoms with Crippen molar-refractivity contribution < 1.29 is 14.3 Å². The summed E-state index contributed by atoms with van der Waals surface area (Å²) in [6, 6.07) is 0.0917. The molecule has 4 saturated carbocycles. The fraction of sp³-hybridized carbons (Fsp3) is 0.920. The van der Waals surface area contributed by atoms with Gasteiger partial charge in [-0.3, -0.25) is 4.79 Å². The fourth-order valence-electron chi connectivity index (χ4n) is 7.20. The van der Waals surface area contributed by atoms with E-state index in [9.17, 15) is 9.59 Å². The lowest BCUT2D eigenvalue weighted by molar-refractivity contribution is -0.159. The molecule has 0 aromatic rings. The van der Waals surface area contributed by atoms with Crippen molar-refractivity contribution in [1.82, 2.24) is 9.80 Å². The van der Waals surface area contributed by atoms with Crippen LogP contribution in [0.25, 0.3) is 0 Å². The fourth-order valence-corrected chi connectivity index (χ4v) is 7.20. The number of amides is 2. The predicted molar refractivity (Wildman–Crippen MR) is 118 cm³/mol. The molecule has 5 heteroatoms. The van der Waals surface area contributed by atoms with E-state index in [2.05, 4.69) is 4.90 Å². The van der Waals surface area contributed by atoms with Gasteiger partial charge in [0.05, 0.1) is 5.41 Å². The molecule has 4 aliphatic carbocycles. The van der Waals surface area contributed by atoms with Gasteiger partial charge in [0.25, 0.3) is 0 Å². The van der Waals surface area contributed by atoms with Gasteiger partial charge in [-0.15, -0.1) is 0 Å². The van der Waals surface area contributed by atoms with E-state index in [1.54, 1.807) is 0 Å². The molecule has 1 unspecified atom stereocenters. The molecule has 1 atom stereocenters. The van der Waals surface area contributed by atoms with Gasteiger partial charge in [0.1, 0.15) is 5.60 Å². The Morgan fingerprint density at radius 1 is 1.07 bits per heavy atom. The first kappa shape index (κ1) is 22.0. The third-order valence-electron chi connectivity index (χ3n) is 8.00. The molecule has 5 aliphatic rings. The lowest BCUT2D eigenvalue weighted by Gasteiger charge is -2.57. The number of piperidine rings is 1. The molecular weight excluding hydrogens is 376 g/mol. The third kappa shape index (κ3) is 4.50. The Morgan fingerprint density at radius 3 is 2.13 bits per heavy atom. The van der Waals surface area contributed by atoms with Crippen LogP contribution in [0.2, 0.25) is 0 Å². The average Bonchev–Trinajstić information content (AvgIpc) is 2.63. The smallest absolute Gasteiger partial charge is 0.410 e. The van der Waals surface area contributed by atoms with Gasteiger partial charge in [0.15, 0.2) is 0 Å². The maximum atomic E-state index is 13.8. The van der Waals surface area contributed by atoms with Gasteiger partial charge in [-0.1, -0.05) is 0 Å². The first-order chi connectivity index (χ1) is 14.0. The van der Waals surface area contributed by atoms with E-state index >= 15 is 0 Å². The van der Waals surface area contributed by atoms with Crippen LogP contribution in [0, 0.1) is 29.1 Å². The van der Waals surface area contributed by atoms with Crippen LogP contribution in [0.1, 0.15) is 86.0 Å². The standard InChI is InChI=1S/C25H42N2O3/c1-17(2)27(23(29)30-24(3,4)5)16-18-7-6-8-26(15-18)22(28)25-12-19-9-20(13-25)11-21(10-19)14-25/h17-21H,6-16H2,1-5H3. The number of carbonyl (C=O) groups is 2. The van der Waals surface area contributed by atoms with Crippen LogP contribution in [-0.4, -0.2) is 53.1 Å². The first-order valence-corrected chi connectivity index (χ1v) is 12.3. The van der Waals surface area contributed by atoms with Gasteiger partial charge in [0.2, 0.25) is 5.91 Å². The number of ether oxygens (including phenoxy) is 1. The van der Waals surface area contributed by atoms with Crippen LogP contribution < -0.4 is 0 Å². The SMILES string of the molecule is CC(C)N(CC1CCCN(C(=O)C23CC4CC(CC(C4)C2)C3)C1)C(=O)OC(C)(C)C. The number of rotatable bonds is 4. The zero-order valence-corrected chi connectivity index (χ0v) is 19.8. The van der Waals surface area contributed by atoms with Crippen LogP contribution >= 0.6 is 0 Å². The van der Waals surface area contributed by atoms with Crippen molar-refractivity contribution in [2.45, 2.75) is 97.6 Å². The molecule has 1 heterocycles. The lowest BCUT2D eigenvalue weighted by Crippen LogP contribution is -2.56. The van der Waals surface area contributed by atoms with Crippen LogP contribution in [0.5, 0.6) is 0 Å². The van der Waals surface area contributed by atoms with Crippen LogP contribution in [0.3, 0.4) is 0 Å². The summed E-state index contributed by atoms with van der Waals surface area (Å²) in [6.45, 7) is 12.2. The van der Waals surface area contributed by atoms with Gasteiger partial charge < -0.3 is 14.5 Å². The summed E-state index contributed by atoms with van der Waals surface area (Å²) >= 11 is 0. The highest BCUT2D eigenvalue weighted by molar-refractivity contribution is 5.83. The predicted octanol–water partition coefficient (Wildman–Crippen LogP) is 5.09. The second-order valence-corrected chi connectivity index (χ2v) is 12.2. The maximum Gasteiger partial charge on any atom is 0.410 e. The molecule has 170 valence electrons. The maximum absolute atomic E-state index is 13.8. The van der Waals surface area contributed by atoms with Crippen molar-refractivity contribution in [3.63, 3.8) is 0 Å². The summed E-state index contributed by atoms with van der Waals surface area (Å²) in [4.78, 5) is 30.5. The molecular formula is C25H42N2O3. The number of likely N-dealkylation sites (tertiary alicyclic amines) is 1. The molecule has 4 bridgehead atoms. The van der Waals surface area contributed by atoms with E-state index < -0.39 is 5.60 Å². The van der Waals surface area contributed by atoms with Crippen molar-refractivity contribution in [2.75, 3.05) is 19.6 Å². The van der Waals surface area contributed by atoms with E-state index in [1.165, 1.54) is 19.3 Å². The molecule has 5 rings (SSSR count). The highest BCUT2D eigenvalue weighted by Gasteiger charge is 2.55. The largest absolute Gasteiger partial charge is 0.444 e. The highest BCUT2D eigenvalue weighted by Crippen LogP contribution is 2.60. The third-order valence-corrected chi connectivity index (χ3v) is 8.00. The summed E-state index contributed by atoms with van der Waals surface area (Å²) in [5.74, 6) is 3.17. The Morgan fingerprint density at radius 2 is 1.63 bits per heavy atom. The molecule has 0 aromatic heterocycles. The minimum atomic E-state index is -0.489. The normalized spacial score (nSPS) is 35.6. The quantitative estimate of drug-likeness (QED) is 0.639. The summed E-state index contributed by atoms with van der Waals surface area (Å²) in [7, 11) is 0. The van der Waals surface area contributed by atoms with E-state index in [1.807, 2.05) is 39.5 Å². The monoisotopic (exact) mass is 418 g/mol. The zero-order chi connectivity index (χ0) is 21.7. The van der Waals surface area contributed by atoms with Gasteiger partial charge >= 0.3 is 6.09 Å². The average molecular weight is 419 g/mol. The van der Waals surface area contributed by atoms with Crippen LogP contribution in [0.15, 0.2) is 0 Å². The number of hydrogen-bond donors (Lipinski definition) is 0. The second-order valence-electron chi connectivity index (χ2n) is 12.2. The lowest BCUT2D eigenvalue weighted by atomic mass is 9.49. The van der Waals surface area contributed by atoms with Gasteiger partial charge in [-0.05, 0) is 110 Å². The molecule has 30 heavy (non-hydrogen) atoms. The number of hydrogen-bond acceptors (Lipinski definition) is 3. The van der Waals surface area contributed by atoms with Crippen LogP contribution in [0.4, 0.5) is 4.79 Å². The van der Waals surface area contributed by atoms with Gasteiger partial charge in [-0.2, -0.15) is 0 Å². The molecule has 2 amide bonds. The summed E-state index contributed by atoms with van der Waals surface area (Å²) in [6.07, 6.45) is 9.40. The van der Waals surface area contributed by atoms with E-state index in [-0.39, 0.29) is 17.6 Å². The summed E-state index contributed by atoms with van der Waals surface area (Å²) in [5.41, 5.74) is -0.545. The van der Waals surface area contributed by atoms with Gasteiger partial charge in [0, 0.05) is 25.7 Å². The molecule has 5 fully saturated rings. The van der Waals surface area contributed by atoms with Crippen molar-refractivity contribution >= 4 is 12.0 Å². The molecule has 0 aromatic carbocycles. The molecule has 1 aliphatic heterocycles. The second kappa shape index (κ2) is 8.02. The van der Waals surface area contributed by atoms with Crippen molar-refractivity contribution in [3.8, 4) is 0 Å². The molecule has 0 N–H and O–H groups in total.